The topological polar surface area (TPSA) is 63.3 Å². The molecule has 0 unspecified atom stereocenters. The molecular weight excluding hydrogens is 218 g/mol. The molecule has 3 N–H and O–H groups in total. The van der Waals surface area contributed by atoms with Crippen molar-refractivity contribution in [2.45, 2.75) is 0 Å². The first-order chi connectivity index (χ1) is 4.61. The lowest BCUT2D eigenvalue weighted by molar-refractivity contribution is 0.0701. The van der Waals surface area contributed by atoms with Gasteiger partial charge in [0, 0.05) is 4.47 Å². The first kappa shape index (κ1) is 7.56. The van der Waals surface area contributed by atoms with Gasteiger partial charge < -0.3 is 10.8 Å². The minimum Gasteiger partial charge on any atom is -0.477 e. The summed E-state index contributed by atoms with van der Waals surface area (Å²) in [4.78, 5) is 10.6. The highest BCUT2D eigenvalue weighted by Gasteiger charge is 2.10. The van der Waals surface area contributed by atoms with Crippen LogP contribution in [0, 0.1) is 0 Å². The standard InChI is InChI=1S/C5H4BrNO2S/c6-2-1-3(7)10-4(2)5(8)9/h1H,7H2,(H,8,9). The molecule has 1 aromatic rings. The molecule has 0 amide bonds. The second-order valence-electron chi connectivity index (χ2n) is 1.63. The number of carboxylic acid groups (broad SMARTS) is 1. The number of hydrogen-bond acceptors (Lipinski definition) is 3. The van der Waals surface area contributed by atoms with Crippen molar-refractivity contribution in [2.75, 3.05) is 5.73 Å². The van der Waals surface area contributed by atoms with Crippen LogP contribution in [-0.4, -0.2) is 11.1 Å². The van der Waals surface area contributed by atoms with Crippen LogP contribution in [-0.2, 0) is 0 Å². The summed E-state index contributed by atoms with van der Waals surface area (Å²) in [7, 11) is 0. The molecule has 0 saturated heterocycles. The molecule has 0 aliphatic heterocycles. The lowest BCUT2D eigenvalue weighted by Gasteiger charge is -1.84. The molecule has 3 nitrogen and oxygen atoms in total. The Bertz CT molecular complexity index is 271. The molecular formula is C5H4BrNO2S. The second kappa shape index (κ2) is 2.59. The molecule has 0 spiro atoms. The fourth-order valence-corrected chi connectivity index (χ4v) is 2.00. The lowest BCUT2D eigenvalue weighted by Crippen LogP contribution is -1.91. The summed E-state index contributed by atoms with van der Waals surface area (Å²) < 4.78 is 0.544. The zero-order valence-electron chi connectivity index (χ0n) is 4.80. The molecule has 0 fully saturated rings. The average Bonchev–Trinajstić information content (AvgIpc) is 2.10. The molecule has 0 aromatic carbocycles. The van der Waals surface area contributed by atoms with Crippen LogP contribution in [0.2, 0.25) is 0 Å². The monoisotopic (exact) mass is 221 g/mol. The van der Waals surface area contributed by atoms with Crippen LogP contribution in [0.5, 0.6) is 0 Å². The fourth-order valence-electron chi connectivity index (χ4n) is 0.532. The Hall–Kier alpha value is -0.550. The molecule has 0 atom stereocenters. The molecule has 0 saturated carbocycles. The van der Waals surface area contributed by atoms with E-state index in [4.69, 9.17) is 10.8 Å². The van der Waals surface area contributed by atoms with E-state index in [1.54, 1.807) is 6.07 Å². The van der Waals surface area contributed by atoms with Gasteiger partial charge >= 0.3 is 5.97 Å². The highest BCUT2D eigenvalue weighted by Crippen LogP contribution is 2.28. The van der Waals surface area contributed by atoms with Crippen molar-refractivity contribution in [3.63, 3.8) is 0 Å². The van der Waals surface area contributed by atoms with Gasteiger partial charge in [0.15, 0.2) is 0 Å². The van der Waals surface area contributed by atoms with Gasteiger partial charge in [-0.1, -0.05) is 0 Å². The summed E-state index contributed by atoms with van der Waals surface area (Å²) in [5.74, 6) is -0.950. The highest BCUT2D eigenvalue weighted by atomic mass is 79.9. The van der Waals surface area contributed by atoms with Crippen molar-refractivity contribution in [1.82, 2.24) is 0 Å². The van der Waals surface area contributed by atoms with Gasteiger partial charge in [-0.2, -0.15) is 0 Å². The zero-order chi connectivity index (χ0) is 7.72. The molecule has 1 aromatic heterocycles. The molecule has 0 aliphatic rings. The van der Waals surface area contributed by atoms with E-state index in [9.17, 15) is 4.79 Å². The Kier molecular flexibility index (Phi) is 1.96. The molecule has 5 heteroatoms. The largest absolute Gasteiger partial charge is 0.477 e. The van der Waals surface area contributed by atoms with Gasteiger partial charge in [0.05, 0.1) is 5.00 Å². The summed E-state index contributed by atoms with van der Waals surface area (Å²) in [5, 5.41) is 9.01. The summed E-state index contributed by atoms with van der Waals surface area (Å²) in [6, 6.07) is 1.58. The molecule has 0 bridgehead atoms. The molecule has 54 valence electrons. The van der Waals surface area contributed by atoms with E-state index in [-0.39, 0.29) is 4.88 Å². The maximum atomic E-state index is 10.4. The van der Waals surface area contributed by atoms with Gasteiger partial charge in [0.2, 0.25) is 0 Å². The van der Waals surface area contributed by atoms with Crippen LogP contribution in [0.1, 0.15) is 9.67 Å². The van der Waals surface area contributed by atoms with Gasteiger partial charge in [-0.15, -0.1) is 11.3 Å². The van der Waals surface area contributed by atoms with Gasteiger partial charge in [-0.25, -0.2) is 4.79 Å². The first-order valence-corrected chi connectivity index (χ1v) is 4.00. The number of halogens is 1. The van der Waals surface area contributed by atoms with Crippen molar-refractivity contribution in [3.05, 3.63) is 15.4 Å². The Morgan fingerprint density at radius 2 is 2.40 bits per heavy atom. The third-order valence-electron chi connectivity index (χ3n) is 0.900. The number of nitrogen functional groups attached to an aromatic ring is 1. The Balaban J connectivity index is 3.15. The minimum atomic E-state index is -0.950. The molecule has 0 aliphatic carbocycles. The molecule has 10 heavy (non-hydrogen) atoms. The van der Waals surface area contributed by atoms with Crippen LogP contribution in [0.25, 0.3) is 0 Å². The Labute approximate surface area is 69.6 Å². The van der Waals surface area contributed by atoms with Crippen molar-refractivity contribution in [2.24, 2.45) is 0 Å². The summed E-state index contributed by atoms with van der Waals surface area (Å²) >= 11 is 4.12. The molecule has 1 heterocycles. The highest BCUT2D eigenvalue weighted by molar-refractivity contribution is 9.10. The molecule has 1 rings (SSSR count). The van der Waals surface area contributed by atoms with E-state index in [0.717, 1.165) is 11.3 Å². The smallest absolute Gasteiger partial charge is 0.347 e. The van der Waals surface area contributed by atoms with Crippen LogP contribution in [0.3, 0.4) is 0 Å². The number of carboxylic acids is 1. The van der Waals surface area contributed by atoms with E-state index in [1.807, 2.05) is 0 Å². The summed E-state index contributed by atoms with van der Waals surface area (Å²) in [6.07, 6.45) is 0. The predicted molar refractivity (Wildman–Crippen MR) is 43.4 cm³/mol. The summed E-state index contributed by atoms with van der Waals surface area (Å²) in [5.41, 5.74) is 5.34. The zero-order valence-corrected chi connectivity index (χ0v) is 7.20. The van der Waals surface area contributed by atoms with E-state index >= 15 is 0 Å². The van der Waals surface area contributed by atoms with Crippen LogP contribution < -0.4 is 5.73 Å². The fraction of sp³-hybridized carbons (Fsp3) is 0. The predicted octanol–water partition coefficient (Wildman–Crippen LogP) is 1.79. The third kappa shape index (κ3) is 1.30. The van der Waals surface area contributed by atoms with Gasteiger partial charge in [0.1, 0.15) is 4.88 Å². The number of nitrogens with two attached hydrogens (primary N) is 1. The SMILES string of the molecule is Nc1cc(Br)c(C(=O)O)s1. The first-order valence-electron chi connectivity index (χ1n) is 2.39. The maximum absolute atomic E-state index is 10.4. The molecule has 0 radical (unpaired) electrons. The van der Waals surface area contributed by atoms with E-state index < -0.39 is 5.97 Å². The summed E-state index contributed by atoms with van der Waals surface area (Å²) in [6.45, 7) is 0. The van der Waals surface area contributed by atoms with Crippen LogP contribution in [0.15, 0.2) is 10.5 Å². The number of thiophene rings is 1. The third-order valence-corrected chi connectivity index (χ3v) is 2.74. The number of aromatic carboxylic acids is 1. The Morgan fingerprint density at radius 3 is 2.60 bits per heavy atom. The van der Waals surface area contributed by atoms with E-state index in [0.29, 0.717) is 9.47 Å². The second-order valence-corrected chi connectivity index (χ2v) is 3.57. The van der Waals surface area contributed by atoms with Gasteiger partial charge in [0.25, 0.3) is 0 Å². The number of rotatable bonds is 1. The number of carbonyl (C=O) groups is 1. The number of anilines is 1. The van der Waals surface area contributed by atoms with E-state index in [2.05, 4.69) is 15.9 Å². The minimum absolute atomic E-state index is 0.248. The van der Waals surface area contributed by atoms with Crippen molar-refractivity contribution < 1.29 is 9.90 Å². The van der Waals surface area contributed by atoms with Crippen molar-refractivity contribution >= 4 is 38.2 Å². The lowest BCUT2D eigenvalue weighted by atomic mass is 10.5. The Morgan fingerprint density at radius 1 is 1.80 bits per heavy atom. The maximum Gasteiger partial charge on any atom is 0.347 e. The van der Waals surface area contributed by atoms with Gasteiger partial charge in [-0.3, -0.25) is 0 Å². The van der Waals surface area contributed by atoms with Crippen LogP contribution in [0.4, 0.5) is 5.00 Å². The normalized spacial score (nSPS) is 9.70. The van der Waals surface area contributed by atoms with Crippen molar-refractivity contribution in [1.29, 1.82) is 0 Å². The van der Waals surface area contributed by atoms with Crippen LogP contribution >= 0.6 is 27.3 Å². The quantitative estimate of drug-likeness (QED) is 0.761. The average molecular weight is 222 g/mol. The van der Waals surface area contributed by atoms with Gasteiger partial charge in [-0.05, 0) is 22.0 Å². The van der Waals surface area contributed by atoms with E-state index in [1.165, 1.54) is 0 Å². The number of hydrogen-bond donors (Lipinski definition) is 2. The van der Waals surface area contributed by atoms with Crippen molar-refractivity contribution in [3.8, 4) is 0 Å².